The number of hydrogen-bond acceptors (Lipinski definition) is 6. The molecule has 0 saturated carbocycles. The summed E-state index contributed by atoms with van der Waals surface area (Å²) in [7, 11) is 1.54. The van der Waals surface area contributed by atoms with Crippen molar-refractivity contribution < 1.29 is 23.2 Å². The molecular formula is C20H16ClFN4O4. The molecule has 1 atom stereocenters. The molecule has 1 aromatic heterocycles. The number of halogens is 2. The first-order valence-corrected chi connectivity index (χ1v) is 9.26. The first kappa shape index (κ1) is 19.8. The van der Waals surface area contributed by atoms with Crippen LogP contribution >= 0.6 is 11.6 Å². The van der Waals surface area contributed by atoms with Crippen LogP contribution in [0.2, 0.25) is 5.02 Å². The van der Waals surface area contributed by atoms with Crippen molar-refractivity contribution in [3.05, 3.63) is 64.8 Å². The minimum atomic E-state index is -1.45. The van der Waals surface area contributed by atoms with E-state index in [0.717, 1.165) is 11.0 Å². The van der Waals surface area contributed by atoms with Crippen molar-refractivity contribution in [2.45, 2.75) is 19.0 Å². The van der Waals surface area contributed by atoms with Crippen molar-refractivity contribution in [1.29, 1.82) is 0 Å². The molecule has 0 bridgehead atoms. The highest BCUT2D eigenvalue weighted by atomic mass is 35.5. The normalized spacial score (nSPS) is 18.6. The van der Waals surface area contributed by atoms with E-state index >= 15 is 0 Å². The third kappa shape index (κ3) is 3.37. The Labute approximate surface area is 175 Å². The fraction of sp³-hybridized carbons (Fsp3) is 0.200. The van der Waals surface area contributed by atoms with E-state index in [0.29, 0.717) is 17.1 Å². The van der Waals surface area contributed by atoms with Crippen molar-refractivity contribution in [3.63, 3.8) is 0 Å². The number of carbonyl (C=O) groups excluding carboxylic acids is 2. The predicted molar refractivity (Wildman–Crippen MR) is 104 cm³/mol. The summed E-state index contributed by atoms with van der Waals surface area (Å²) in [6.07, 6.45) is 0. The Morgan fingerprint density at radius 1 is 1.27 bits per heavy atom. The second kappa shape index (κ2) is 7.42. The van der Waals surface area contributed by atoms with Gasteiger partial charge in [0.15, 0.2) is 0 Å². The van der Waals surface area contributed by atoms with E-state index in [4.69, 9.17) is 20.9 Å². The van der Waals surface area contributed by atoms with Gasteiger partial charge in [0, 0.05) is 16.1 Å². The second-order valence-electron chi connectivity index (χ2n) is 6.81. The van der Waals surface area contributed by atoms with Crippen molar-refractivity contribution in [2.75, 3.05) is 7.11 Å². The van der Waals surface area contributed by atoms with Crippen LogP contribution in [0.5, 0.6) is 5.75 Å². The van der Waals surface area contributed by atoms with Crippen LogP contribution in [0.4, 0.5) is 9.18 Å². The van der Waals surface area contributed by atoms with E-state index in [9.17, 15) is 14.0 Å². The van der Waals surface area contributed by atoms with E-state index in [2.05, 4.69) is 15.5 Å². The van der Waals surface area contributed by atoms with Crippen molar-refractivity contribution in [1.82, 2.24) is 20.4 Å². The topological polar surface area (TPSA) is 97.6 Å². The Morgan fingerprint density at radius 2 is 2.07 bits per heavy atom. The fourth-order valence-corrected chi connectivity index (χ4v) is 3.61. The van der Waals surface area contributed by atoms with Gasteiger partial charge in [0.2, 0.25) is 11.7 Å². The zero-order valence-corrected chi connectivity index (χ0v) is 16.7. The van der Waals surface area contributed by atoms with Crippen LogP contribution in [0.1, 0.15) is 18.4 Å². The number of ether oxygens (including phenoxy) is 1. The van der Waals surface area contributed by atoms with Crippen LogP contribution in [0, 0.1) is 5.82 Å². The minimum absolute atomic E-state index is 0.0334. The molecule has 30 heavy (non-hydrogen) atoms. The van der Waals surface area contributed by atoms with Crippen LogP contribution in [0.15, 0.2) is 47.0 Å². The number of rotatable bonds is 5. The van der Waals surface area contributed by atoms with E-state index in [1.807, 2.05) is 0 Å². The number of amides is 3. The number of nitrogens with one attached hydrogen (secondary N) is 1. The van der Waals surface area contributed by atoms with Gasteiger partial charge in [-0.2, -0.15) is 4.98 Å². The SMILES string of the molecule is COc1cccc(-c2noc(CN3C(=O)NC(C)(c4ccc(F)cc4Cl)C3=O)n2)c1. The molecule has 2 aromatic carbocycles. The van der Waals surface area contributed by atoms with Gasteiger partial charge in [-0.3, -0.25) is 9.69 Å². The van der Waals surface area contributed by atoms with Crippen LogP contribution < -0.4 is 10.1 Å². The van der Waals surface area contributed by atoms with Crippen LogP contribution in [-0.4, -0.2) is 34.1 Å². The van der Waals surface area contributed by atoms with Crippen LogP contribution in [0.25, 0.3) is 11.4 Å². The Bertz CT molecular complexity index is 1150. The Morgan fingerprint density at radius 3 is 2.80 bits per heavy atom. The van der Waals surface area contributed by atoms with Crippen molar-refractivity contribution in [2.24, 2.45) is 0 Å². The van der Waals surface area contributed by atoms with E-state index < -0.39 is 23.3 Å². The number of nitrogens with zero attached hydrogens (tertiary/aromatic N) is 3. The molecule has 10 heteroatoms. The summed E-state index contributed by atoms with van der Waals surface area (Å²) < 4.78 is 23.8. The maximum Gasteiger partial charge on any atom is 0.325 e. The number of benzene rings is 2. The van der Waals surface area contributed by atoms with Crippen molar-refractivity contribution >= 4 is 23.5 Å². The first-order valence-electron chi connectivity index (χ1n) is 8.88. The summed E-state index contributed by atoms with van der Waals surface area (Å²) in [5, 5.41) is 6.54. The maximum atomic E-state index is 13.4. The maximum absolute atomic E-state index is 13.4. The molecule has 3 aromatic rings. The number of methoxy groups -OCH3 is 1. The molecule has 1 aliphatic heterocycles. The van der Waals surface area contributed by atoms with Gasteiger partial charge in [0.1, 0.15) is 23.7 Å². The summed E-state index contributed by atoms with van der Waals surface area (Å²) in [6, 6.07) is 10.0. The molecule has 154 valence electrons. The van der Waals surface area contributed by atoms with E-state index in [1.54, 1.807) is 31.4 Å². The molecule has 4 rings (SSSR count). The molecule has 3 amide bonds. The smallest absolute Gasteiger partial charge is 0.325 e. The standard InChI is InChI=1S/C20H16ClFN4O4/c1-20(14-7-6-12(22)9-15(14)21)18(27)26(19(28)24-20)10-16-23-17(25-30-16)11-4-3-5-13(8-11)29-2/h3-9H,10H2,1-2H3,(H,24,28). The zero-order chi connectivity index (χ0) is 21.5. The lowest BCUT2D eigenvalue weighted by Gasteiger charge is -2.23. The quantitative estimate of drug-likeness (QED) is 0.622. The predicted octanol–water partition coefficient (Wildman–Crippen LogP) is 3.50. The number of carbonyl (C=O) groups is 2. The Hall–Kier alpha value is -3.46. The lowest BCUT2D eigenvalue weighted by Crippen LogP contribution is -2.41. The van der Waals surface area contributed by atoms with Gasteiger partial charge in [0.25, 0.3) is 5.91 Å². The van der Waals surface area contributed by atoms with Gasteiger partial charge in [-0.15, -0.1) is 0 Å². The third-order valence-corrected chi connectivity index (χ3v) is 5.15. The van der Waals surface area contributed by atoms with Crippen LogP contribution in [0.3, 0.4) is 0 Å². The zero-order valence-electron chi connectivity index (χ0n) is 16.0. The fourth-order valence-electron chi connectivity index (χ4n) is 3.25. The van der Waals surface area contributed by atoms with Gasteiger partial charge in [-0.05, 0) is 31.2 Å². The first-order chi connectivity index (χ1) is 14.3. The third-order valence-electron chi connectivity index (χ3n) is 4.83. The summed E-state index contributed by atoms with van der Waals surface area (Å²) in [6.45, 7) is 1.28. The van der Waals surface area contributed by atoms with Gasteiger partial charge >= 0.3 is 6.03 Å². The summed E-state index contributed by atoms with van der Waals surface area (Å²) in [4.78, 5) is 30.7. The number of aromatic nitrogens is 2. The molecule has 0 spiro atoms. The molecule has 8 nitrogen and oxygen atoms in total. The second-order valence-corrected chi connectivity index (χ2v) is 7.22. The molecule has 0 radical (unpaired) electrons. The molecule has 0 aliphatic carbocycles. The number of urea groups is 1. The van der Waals surface area contributed by atoms with Gasteiger partial charge in [-0.1, -0.05) is 35.0 Å². The summed E-state index contributed by atoms with van der Waals surface area (Å²) in [5.74, 6) is -0.120. The highest BCUT2D eigenvalue weighted by Crippen LogP contribution is 2.34. The number of hydrogen-bond donors (Lipinski definition) is 1. The van der Waals surface area contributed by atoms with Gasteiger partial charge < -0.3 is 14.6 Å². The monoisotopic (exact) mass is 430 g/mol. The minimum Gasteiger partial charge on any atom is -0.497 e. The average molecular weight is 431 g/mol. The van der Waals surface area contributed by atoms with Crippen molar-refractivity contribution in [3.8, 4) is 17.1 Å². The largest absolute Gasteiger partial charge is 0.497 e. The Kier molecular flexibility index (Phi) is 4.90. The summed E-state index contributed by atoms with van der Waals surface area (Å²) >= 11 is 6.10. The molecular weight excluding hydrogens is 415 g/mol. The molecule has 1 fully saturated rings. The molecule has 2 heterocycles. The van der Waals surface area contributed by atoms with E-state index in [-0.39, 0.29) is 23.0 Å². The molecule has 1 saturated heterocycles. The highest BCUT2D eigenvalue weighted by Gasteiger charge is 2.50. The van der Waals surface area contributed by atoms with Crippen LogP contribution in [-0.2, 0) is 16.9 Å². The lowest BCUT2D eigenvalue weighted by molar-refractivity contribution is -0.131. The summed E-state index contributed by atoms with van der Waals surface area (Å²) in [5.41, 5.74) is -0.504. The Balaban J connectivity index is 1.58. The lowest BCUT2D eigenvalue weighted by atomic mass is 9.92. The molecule has 1 N–H and O–H groups in total. The number of imide groups is 1. The van der Waals surface area contributed by atoms with Gasteiger partial charge in [0.05, 0.1) is 7.11 Å². The molecule has 1 unspecified atom stereocenters. The highest BCUT2D eigenvalue weighted by molar-refractivity contribution is 6.32. The van der Waals surface area contributed by atoms with E-state index in [1.165, 1.54) is 19.1 Å². The average Bonchev–Trinajstić information content (AvgIpc) is 3.27. The van der Waals surface area contributed by atoms with Gasteiger partial charge in [-0.25, -0.2) is 9.18 Å². The molecule has 1 aliphatic rings.